The van der Waals surface area contributed by atoms with E-state index in [4.69, 9.17) is 14.5 Å². The van der Waals surface area contributed by atoms with Crippen LogP contribution in [0.4, 0.5) is 21.9 Å². The number of nitrogens with zero attached hydrogens (tertiary/aromatic N) is 2. The molecular formula is C26H19N5O7. The molecule has 0 aliphatic rings. The number of hydrogen-bond donors (Lipinski definition) is 4. The van der Waals surface area contributed by atoms with Crippen LogP contribution in [0.15, 0.2) is 59.1 Å². The molecule has 1 heterocycles. The number of amides is 3. The highest BCUT2D eigenvalue weighted by Crippen LogP contribution is 2.38. The Morgan fingerprint density at radius 1 is 0.947 bits per heavy atom. The van der Waals surface area contributed by atoms with Crippen molar-refractivity contribution in [2.45, 2.75) is 6.92 Å². The molecule has 0 atom stereocenters. The van der Waals surface area contributed by atoms with E-state index in [1.165, 1.54) is 32.2 Å². The van der Waals surface area contributed by atoms with E-state index in [2.05, 4.69) is 21.1 Å². The average molecular weight is 513 g/mol. The molecule has 0 saturated carbocycles. The molecule has 1 aromatic heterocycles. The normalized spacial score (nSPS) is 10.3. The van der Waals surface area contributed by atoms with Crippen molar-refractivity contribution >= 4 is 51.9 Å². The van der Waals surface area contributed by atoms with Crippen LogP contribution in [0.1, 0.15) is 33.3 Å². The van der Waals surface area contributed by atoms with Crippen molar-refractivity contribution in [2.75, 3.05) is 23.1 Å². The number of aromatic nitrogens is 1. The third-order valence-electron chi connectivity index (χ3n) is 5.40. The van der Waals surface area contributed by atoms with Gasteiger partial charge in [0.1, 0.15) is 0 Å². The average Bonchev–Trinajstić information content (AvgIpc) is 3.31. The number of nitrogens with one attached hydrogen (secondary N) is 3. The van der Waals surface area contributed by atoms with Gasteiger partial charge in [-0.1, -0.05) is 23.4 Å². The number of carbonyl (C=O) groups is 4. The first-order valence-electron chi connectivity index (χ1n) is 11.0. The lowest BCUT2D eigenvalue weighted by Gasteiger charge is -2.15. The van der Waals surface area contributed by atoms with Gasteiger partial charge in [-0.3, -0.25) is 14.9 Å². The molecule has 38 heavy (non-hydrogen) atoms. The van der Waals surface area contributed by atoms with Gasteiger partial charge in [-0.2, -0.15) is 5.26 Å². The highest BCUT2D eigenvalue weighted by Gasteiger charge is 2.23. The fourth-order valence-corrected chi connectivity index (χ4v) is 3.73. The van der Waals surface area contributed by atoms with Gasteiger partial charge in [0, 0.05) is 29.8 Å². The quantitative estimate of drug-likeness (QED) is 0.289. The summed E-state index contributed by atoms with van der Waals surface area (Å²) in [5.74, 6) is -2.42. The summed E-state index contributed by atoms with van der Waals surface area (Å²) in [5, 5.41) is 30.5. The number of rotatable bonds is 6. The molecular weight excluding hydrogens is 494 g/mol. The molecule has 3 aromatic carbocycles. The van der Waals surface area contributed by atoms with Gasteiger partial charge in [0.15, 0.2) is 11.3 Å². The number of ether oxygens (including phenoxy) is 1. The maximum Gasteiger partial charge on any atom is 0.411 e. The molecule has 4 N–H and O–H groups in total. The Hall–Kier alpha value is -5.70. The van der Waals surface area contributed by atoms with E-state index in [9.17, 15) is 24.3 Å². The summed E-state index contributed by atoms with van der Waals surface area (Å²) in [7, 11) is 1.20. The minimum Gasteiger partial charge on any atom is -0.478 e. The van der Waals surface area contributed by atoms with Gasteiger partial charge >= 0.3 is 12.1 Å². The van der Waals surface area contributed by atoms with E-state index in [1.54, 1.807) is 30.3 Å². The molecule has 4 aromatic rings. The summed E-state index contributed by atoms with van der Waals surface area (Å²) in [4.78, 5) is 48.6. The van der Waals surface area contributed by atoms with Crippen LogP contribution in [0, 0.1) is 11.3 Å². The fraction of sp³-hybridized carbons (Fsp3) is 0.0769. The van der Waals surface area contributed by atoms with Gasteiger partial charge in [-0.25, -0.2) is 9.59 Å². The summed E-state index contributed by atoms with van der Waals surface area (Å²) < 4.78 is 10.0. The van der Waals surface area contributed by atoms with Gasteiger partial charge in [0.25, 0.3) is 5.91 Å². The van der Waals surface area contributed by atoms with Gasteiger partial charge in [-0.05, 0) is 30.3 Å². The summed E-state index contributed by atoms with van der Waals surface area (Å²) in [6.07, 6.45) is -0.762. The van der Waals surface area contributed by atoms with E-state index >= 15 is 0 Å². The third kappa shape index (κ3) is 5.12. The molecule has 0 aliphatic heterocycles. The zero-order chi connectivity index (χ0) is 27.4. The van der Waals surface area contributed by atoms with Crippen LogP contribution < -0.4 is 16.0 Å². The second-order valence-electron chi connectivity index (χ2n) is 7.90. The Balaban J connectivity index is 1.83. The van der Waals surface area contributed by atoms with Crippen molar-refractivity contribution in [3.8, 4) is 17.2 Å². The second-order valence-corrected chi connectivity index (χ2v) is 7.90. The molecule has 0 fully saturated rings. The van der Waals surface area contributed by atoms with Crippen molar-refractivity contribution in [2.24, 2.45) is 0 Å². The topological polar surface area (TPSA) is 184 Å². The highest BCUT2D eigenvalue weighted by molar-refractivity contribution is 6.14. The number of anilines is 3. The Bertz CT molecular complexity index is 1650. The molecule has 4 rings (SSSR count). The summed E-state index contributed by atoms with van der Waals surface area (Å²) in [6, 6.07) is 15.5. The maximum absolute atomic E-state index is 13.1. The minimum absolute atomic E-state index is 0.0437. The monoisotopic (exact) mass is 513 g/mol. The molecule has 0 radical (unpaired) electrons. The van der Waals surface area contributed by atoms with E-state index in [1.807, 2.05) is 6.07 Å². The van der Waals surface area contributed by atoms with Gasteiger partial charge in [0.2, 0.25) is 5.91 Å². The number of methoxy groups -OCH3 is 1. The molecule has 190 valence electrons. The highest BCUT2D eigenvalue weighted by atomic mass is 16.5. The van der Waals surface area contributed by atoms with Crippen molar-refractivity contribution in [3.63, 3.8) is 0 Å². The molecule has 3 amide bonds. The Kier molecular flexibility index (Phi) is 7.02. The van der Waals surface area contributed by atoms with Crippen LogP contribution in [0.25, 0.3) is 22.1 Å². The lowest BCUT2D eigenvalue weighted by atomic mass is 9.99. The van der Waals surface area contributed by atoms with Crippen molar-refractivity contribution in [1.29, 1.82) is 5.26 Å². The van der Waals surface area contributed by atoms with Crippen LogP contribution in [0.5, 0.6) is 0 Å². The minimum atomic E-state index is -1.34. The van der Waals surface area contributed by atoms with Crippen LogP contribution in [0.2, 0.25) is 0 Å². The number of fused-ring (bicyclic) bond motifs is 1. The van der Waals surface area contributed by atoms with Crippen molar-refractivity contribution in [3.05, 3.63) is 71.4 Å². The number of benzene rings is 3. The van der Waals surface area contributed by atoms with E-state index in [0.29, 0.717) is 16.8 Å². The zero-order valence-corrected chi connectivity index (χ0v) is 20.0. The van der Waals surface area contributed by atoms with Crippen molar-refractivity contribution < 1.29 is 33.5 Å². The van der Waals surface area contributed by atoms with Gasteiger partial charge in [-0.15, -0.1) is 0 Å². The molecule has 0 saturated heterocycles. The maximum atomic E-state index is 13.1. The first kappa shape index (κ1) is 25.4. The smallest absolute Gasteiger partial charge is 0.411 e. The number of carboxylic acid groups (broad SMARTS) is 1. The van der Waals surface area contributed by atoms with Crippen LogP contribution in [-0.4, -0.2) is 41.2 Å². The van der Waals surface area contributed by atoms with E-state index in [-0.39, 0.29) is 45.1 Å². The summed E-state index contributed by atoms with van der Waals surface area (Å²) in [6.45, 7) is 1.35. The number of para-hydroxylation sites is 1. The number of aromatic carboxylic acids is 1. The molecule has 0 bridgehead atoms. The van der Waals surface area contributed by atoms with Crippen LogP contribution in [0.3, 0.4) is 0 Å². The lowest BCUT2D eigenvalue weighted by molar-refractivity contribution is -0.114. The molecule has 12 heteroatoms. The standard InChI is InChI=1S/C26H19N5O7/c1-13(32)28-19-6-4-3-5-15(19)16-10-18-22(11-21(16)30-26(36)37-2)38-31-23(18)24(33)29-20-8-7-14(12-27)9-17(20)25(34)35/h3-11H,1-2H3,(H,28,32)(H,29,33)(H,30,36)(H,34,35). The van der Waals surface area contributed by atoms with E-state index in [0.717, 1.165) is 6.07 Å². The van der Waals surface area contributed by atoms with Gasteiger partial charge < -0.3 is 25.0 Å². The van der Waals surface area contributed by atoms with Gasteiger partial charge in [0.05, 0.1) is 41.1 Å². The van der Waals surface area contributed by atoms with Crippen LogP contribution >= 0.6 is 0 Å². The Morgan fingerprint density at radius 2 is 1.71 bits per heavy atom. The number of carboxylic acids is 1. The first-order valence-corrected chi connectivity index (χ1v) is 11.0. The summed E-state index contributed by atoms with van der Waals surface area (Å²) in [5.41, 5.74) is 1.39. The molecule has 0 aliphatic carbocycles. The third-order valence-corrected chi connectivity index (χ3v) is 5.40. The lowest BCUT2D eigenvalue weighted by Crippen LogP contribution is -2.16. The predicted octanol–water partition coefficient (Wildman–Crippen LogP) is 4.45. The van der Waals surface area contributed by atoms with Crippen LogP contribution in [-0.2, 0) is 9.53 Å². The molecule has 12 nitrogen and oxygen atoms in total. The Labute approximate surface area is 214 Å². The molecule has 0 spiro atoms. The zero-order valence-electron chi connectivity index (χ0n) is 20.0. The molecule has 0 unspecified atom stereocenters. The first-order chi connectivity index (χ1) is 18.2. The second kappa shape index (κ2) is 10.5. The largest absolute Gasteiger partial charge is 0.478 e. The Morgan fingerprint density at radius 3 is 2.39 bits per heavy atom. The SMILES string of the molecule is COC(=O)Nc1cc2onc(C(=O)Nc3ccc(C#N)cc3C(=O)O)c2cc1-c1ccccc1NC(C)=O. The van der Waals surface area contributed by atoms with E-state index < -0.39 is 18.0 Å². The summed E-state index contributed by atoms with van der Waals surface area (Å²) >= 11 is 0. The number of nitriles is 1. The van der Waals surface area contributed by atoms with Crippen molar-refractivity contribution in [1.82, 2.24) is 5.16 Å². The predicted molar refractivity (Wildman–Crippen MR) is 136 cm³/mol. The number of hydrogen-bond acceptors (Lipinski definition) is 8. The number of carbonyl (C=O) groups excluding carboxylic acids is 3. The fourth-order valence-electron chi connectivity index (χ4n) is 3.73.